The van der Waals surface area contributed by atoms with Crippen LogP contribution >= 0.6 is 0 Å². The average Bonchev–Trinajstić information content (AvgIpc) is 2.86. The van der Waals surface area contributed by atoms with Crippen LogP contribution in [0.1, 0.15) is 12.5 Å². The SMILES string of the molecule is COc1ccc2[nH]cc(CC(=O)NCC(C)CO)c2c1. The number of aliphatic hydroxyl groups is 1. The zero-order valence-corrected chi connectivity index (χ0v) is 11.8. The van der Waals surface area contributed by atoms with Gasteiger partial charge in [-0.3, -0.25) is 4.79 Å². The highest BCUT2D eigenvalue weighted by atomic mass is 16.5. The number of hydrogen-bond donors (Lipinski definition) is 3. The molecule has 2 rings (SSSR count). The summed E-state index contributed by atoms with van der Waals surface area (Å²) in [4.78, 5) is 15.0. The van der Waals surface area contributed by atoms with Gasteiger partial charge in [0.2, 0.25) is 5.91 Å². The van der Waals surface area contributed by atoms with Crippen LogP contribution in [0.4, 0.5) is 0 Å². The molecule has 0 saturated heterocycles. The van der Waals surface area contributed by atoms with Gasteiger partial charge in [-0.15, -0.1) is 0 Å². The van der Waals surface area contributed by atoms with Crippen molar-refractivity contribution >= 4 is 16.8 Å². The third kappa shape index (κ3) is 3.30. The Bertz CT molecular complexity index is 592. The number of aromatic nitrogens is 1. The monoisotopic (exact) mass is 276 g/mol. The largest absolute Gasteiger partial charge is 0.497 e. The Hall–Kier alpha value is -2.01. The number of hydrogen-bond acceptors (Lipinski definition) is 3. The number of ether oxygens (including phenoxy) is 1. The minimum Gasteiger partial charge on any atom is -0.497 e. The van der Waals surface area contributed by atoms with Crippen molar-refractivity contribution in [3.05, 3.63) is 30.0 Å². The number of amides is 1. The highest BCUT2D eigenvalue weighted by Crippen LogP contribution is 2.23. The summed E-state index contributed by atoms with van der Waals surface area (Å²) in [5.74, 6) is 0.795. The molecule has 5 nitrogen and oxygen atoms in total. The number of rotatable bonds is 6. The number of nitrogens with one attached hydrogen (secondary N) is 2. The minimum atomic E-state index is -0.0472. The maximum absolute atomic E-state index is 11.9. The number of methoxy groups -OCH3 is 1. The lowest BCUT2D eigenvalue weighted by atomic mass is 10.1. The maximum atomic E-state index is 11.9. The molecule has 3 N–H and O–H groups in total. The smallest absolute Gasteiger partial charge is 0.224 e. The Kier molecular flexibility index (Phi) is 4.63. The summed E-state index contributed by atoms with van der Waals surface area (Å²) >= 11 is 0. The van der Waals surface area contributed by atoms with E-state index in [9.17, 15) is 4.79 Å². The normalized spacial score (nSPS) is 12.3. The fourth-order valence-corrected chi connectivity index (χ4v) is 2.02. The lowest BCUT2D eigenvalue weighted by Crippen LogP contribution is -2.30. The van der Waals surface area contributed by atoms with Gasteiger partial charge in [-0.2, -0.15) is 0 Å². The van der Waals surface area contributed by atoms with E-state index in [2.05, 4.69) is 10.3 Å². The topological polar surface area (TPSA) is 74.4 Å². The van der Waals surface area contributed by atoms with Gasteiger partial charge in [0.1, 0.15) is 5.75 Å². The first kappa shape index (κ1) is 14.4. The van der Waals surface area contributed by atoms with Crippen LogP contribution in [-0.2, 0) is 11.2 Å². The van der Waals surface area contributed by atoms with Crippen molar-refractivity contribution in [3.63, 3.8) is 0 Å². The molecule has 0 aliphatic rings. The van der Waals surface area contributed by atoms with Gasteiger partial charge in [0.05, 0.1) is 13.5 Å². The maximum Gasteiger partial charge on any atom is 0.224 e. The number of aliphatic hydroxyl groups excluding tert-OH is 1. The third-order valence-corrected chi connectivity index (χ3v) is 3.28. The second kappa shape index (κ2) is 6.43. The fraction of sp³-hybridized carbons (Fsp3) is 0.400. The molecule has 1 atom stereocenters. The molecule has 0 aliphatic heterocycles. The Morgan fingerprint density at radius 1 is 1.50 bits per heavy atom. The first-order chi connectivity index (χ1) is 9.63. The van der Waals surface area contributed by atoms with Gasteiger partial charge in [0, 0.05) is 30.3 Å². The highest BCUT2D eigenvalue weighted by molar-refractivity contribution is 5.89. The van der Waals surface area contributed by atoms with E-state index in [1.807, 2.05) is 31.3 Å². The molecule has 1 amide bonds. The van der Waals surface area contributed by atoms with Crippen LogP contribution in [0.2, 0.25) is 0 Å². The molecule has 1 heterocycles. The second-order valence-electron chi connectivity index (χ2n) is 4.99. The zero-order valence-electron chi connectivity index (χ0n) is 11.8. The lowest BCUT2D eigenvalue weighted by molar-refractivity contribution is -0.120. The summed E-state index contributed by atoms with van der Waals surface area (Å²) in [6.07, 6.45) is 2.16. The summed E-state index contributed by atoms with van der Waals surface area (Å²) in [6, 6.07) is 5.74. The lowest BCUT2D eigenvalue weighted by Gasteiger charge is -2.09. The molecule has 1 aromatic heterocycles. The van der Waals surface area contributed by atoms with Crippen molar-refractivity contribution in [1.82, 2.24) is 10.3 Å². The van der Waals surface area contributed by atoms with Gasteiger partial charge in [0.15, 0.2) is 0 Å². The summed E-state index contributed by atoms with van der Waals surface area (Å²) in [5.41, 5.74) is 1.92. The number of carbonyl (C=O) groups excluding carboxylic acids is 1. The molecule has 0 radical (unpaired) electrons. The van der Waals surface area contributed by atoms with Crippen molar-refractivity contribution in [2.75, 3.05) is 20.3 Å². The summed E-state index contributed by atoms with van der Waals surface area (Å²) in [5, 5.41) is 12.7. The molecule has 5 heteroatoms. The van der Waals surface area contributed by atoms with Crippen LogP contribution in [0.15, 0.2) is 24.4 Å². The molecule has 2 aromatic rings. The van der Waals surface area contributed by atoms with Crippen molar-refractivity contribution in [3.8, 4) is 5.75 Å². The number of carbonyl (C=O) groups is 1. The Morgan fingerprint density at radius 3 is 3.00 bits per heavy atom. The van der Waals surface area contributed by atoms with Gasteiger partial charge < -0.3 is 20.1 Å². The number of H-pyrrole nitrogens is 1. The Balaban J connectivity index is 2.07. The zero-order chi connectivity index (χ0) is 14.5. The first-order valence-electron chi connectivity index (χ1n) is 6.65. The van der Waals surface area contributed by atoms with E-state index in [4.69, 9.17) is 9.84 Å². The predicted octanol–water partition coefficient (Wildman–Crippen LogP) is 1.46. The summed E-state index contributed by atoms with van der Waals surface area (Å²) < 4.78 is 5.20. The standard InChI is InChI=1S/C15H20N2O3/c1-10(9-18)7-17-15(19)5-11-8-16-14-4-3-12(20-2)6-13(11)14/h3-4,6,8,10,16,18H,5,7,9H2,1-2H3,(H,17,19). The van der Waals surface area contributed by atoms with Gasteiger partial charge in [-0.05, 0) is 29.7 Å². The van der Waals surface area contributed by atoms with Gasteiger partial charge in [-0.1, -0.05) is 6.92 Å². The number of aromatic amines is 1. The van der Waals surface area contributed by atoms with Crippen LogP contribution in [0.3, 0.4) is 0 Å². The third-order valence-electron chi connectivity index (χ3n) is 3.28. The fourth-order valence-electron chi connectivity index (χ4n) is 2.02. The molecule has 1 aromatic carbocycles. The second-order valence-corrected chi connectivity index (χ2v) is 4.99. The van der Waals surface area contributed by atoms with Gasteiger partial charge in [-0.25, -0.2) is 0 Å². The molecular formula is C15H20N2O3. The Labute approximate surface area is 117 Å². The molecule has 1 unspecified atom stereocenters. The van der Waals surface area contributed by atoms with Crippen LogP contribution in [-0.4, -0.2) is 36.3 Å². The Morgan fingerprint density at radius 2 is 2.30 bits per heavy atom. The van der Waals surface area contributed by atoms with Crippen LogP contribution in [0.5, 0.6) is 5.75 Å². The van der Waals surface area contributed by atoms with Crippen LogP contribution < -0.4 is 10.1 Å². The predicted molar refractivity (Wildman–Crippen MR) is 77.8 cm³/mol. The van der Waals surface area contributed by atoms with E-state index < -0.39 is 0 Å². The summed E-state index contributed by atoms with van der Waals surface area (Å²) in [7, 11) is 1.62. The molecule has 108 valence electrons. The van der Waals surface area contributed by atoms with E-state index in [-0.39, 0.29) is 18.4 Å². The van der Waals surface area contributed by atoms with E-state index in [1.165, 1.54) is 0 Å². The van der Waals surface area contributed by atoms with Crippen molar-refractivity contribution in [2.45, 2.75) is 13.3 Å². The molecular weight excluding hydrogens is 256 g/mol. The highest BCUT2D eigenvalue weighted by Gasteiger charge is 2.10. The van der Waals surface area contributed by atoms with Crippen molar-refractivity contribution in [2.24, 2.45) is 5.92 Å². The average molecular weight is 276 g/mol. The van der Waals surface area contributed by atoms with E-state index >= 15 is 0 Å². The van der Waals surface area contributed by atoms with E-state index in [0.717, 1.165) is 22.2 Å². The molecule has 20 heavy (non-hydrogen) atoms. The van der Waals surface area contributed by atoms with E-state index in [1.54, 1.807) is 7.11 Å². The first-order valence-corrected chi connectivity index (χ1v) is 6.65. The minimum absolute atomic E-state index is 0.0472. The summed E-state index contributed by atoms with van der Waals surface area (Å²) in [6.45, 7) is 2.45. The van der Waals surface area contributed by atoms with Crippen LogP contribution in [0.25, 0.3) is 10.9 Å². The molecule has 0 spiro atoms. The van der Waals surface area contributed by atoms with Crippen molar-refractivity contribution in [1.29, 1.82) is 0 Å². The molecule has 0 aliphatic carbocycles. The number of fused-ring (bicyclic) bond motifs is 1. The van der Waals surface area contributed by atoms with E-state index in [0.29, 0.717) is 13.0 Å². The molecule has 0 fully saturated rings. The van der Waals surface area contributed by atoms with Crippen molar-refractivity contribution < 1.29 is 14.6 Å². The number of benzene rings is 1. The molecule has 0 saturated carbocycles. The van der Waals surface area contributed by atoms with Crippen LogP contribution in [0, 0.1) is 5.92 Å². The van der Waals surface area contributed by atoms with Gasteiger partial charge in [0.25, 0.3) is 0 Å². The quantitative estimate of drug-likeness (QED) is 0.748. The van der Waals surface area contributed by atoms with Gasteiger partial charge >= 0.3 is 0 Å². The molecule has 0 bridgehead atoms.